The number of nitrogens with one attached hydrogen (secondary N) is 1. The highest BCUT2D eigenvalue weighted by atomic mass is 16.4. The molecule has 0 amide bonds. The number of carboxylic acids is 1. The minimum Gasteiger partial charge on any atom is -0.481 e. The van der Waals surface area contributed by atoms with Crippen LogP contribution in [0.15, 0.2) is 4.99 Å². The van der Waals surface area contributed by atoms with Crippen molar-refractivity contribution in [2.45, 2.75) is 12.8 Å². The number of hydrazine groups is 1. The molecule has 5 nitrogen and oxygen atoms in total. The summed E-state index contributed by atoms with van der Waals surface area (Å²) < 4.78 is 0. The summed E-state index contributed by atoms with van der Waals surface area (Å²) in [5.74, 6) is 4.65. The van der Waals surface area contributed by atoms with E-state index < -0.39 is 5.97 Å². The fraction of sp³-hybridized carbons (Fsp3) is 0.600. The molecule has 0 bridgehead atoms. The van der Waals surface area contributed by atoms with Crippen LogP contribution in [0.1, 0.15) is 12.8 Å². The molecule has 10 heavy (non-hydrogen) atoms. The molecule has 4 N–H and O–H groups in total. The monoisotopic (exact) mass is 145 g/mol. The molecular weight excluding hydrogens is 134 g/mol. The number of carbonyl (C=O) groups is 1. The van der Waals surface area contributed by atoms with Gasteiger partial charge in [0.2, 0.25) is 0 Å². The molecule has 0 spiro atoms. The van der Waals surface area contributed by atoms with Crippen LogP contribution in [0.3, 0.4) is 0 Å². The van der Waals surface area contributed by atoms with E-state index in [0.29, 0.717) is 12.3 Å². The second-order valence-corrected chi connectivity index (χ2v) is 1.71. The lowest BCUT2D eigenvalue weighted by Crippen LogP contribution is -2.30. The summed E-state index contributed by atoms with van der Waals surface area (Å²) in [6, 6.07) is 0. The lowest BCUT2D eigenvalue weighted by molar-refractivity contribution is -0.136. The van der Waals surface area contributed by atoms with Gasteiger partial charge in [-0.1, -0.05) is 0 Å². The van der Waals surface area contributed by atoms with Crippen molar-refractivity contribution >= 4 is 11.8 Å². The van der Waals surface area contributed by atoms with Crippen molar-refractivity contribution in [1.29, 1.82) is 0 Å². The van der Waals surface area contributed by atoms with Gasteiger partial charge in [-0.2, -0.15) is 0 Å². The summed E-state index contributed by atoms with van der Waals surface area (Å²) in [6.45, 7) is 0. The van der Waals surface area contributed by atoms with E-state index in [0.717, 1.165) is 0 Å². The summed E-state index contributed by atoms with van der Waals surface area (Å²) in [4.78, 5) is 13.7. The predicted octanol–water partition coefficient (Wildman–Crippen LogP) is -0.657. The summed E-state index contributed by atoms with van der Waals surface area (Å²) >= 11 is 0. The molecule has 0 fully saturated rings. The fourth-order valence-corrected chi connectivity index (χ4v) is 0.474. The quantitative estimate of drug-likeness (QED) is 0.213. The first-order valence-corrected chi connectivity index (χ1v) is 2.84. The van der Waals surface area contributed by atoms with E-state index in [1.807, 2.05) is 0 Å². The van der Waals surface area contributed by atoms with Crippen molar-refractivity contribution in [3.05, 3.63) is 0 Å². The Kier molecular flexibility index (Phi) is 4.23. The number of hydrogen-bond donors (Lipinski definition) is 3. The van der Waals surface area contributed by atoms with E-state index in [-0.39, 0.29) is 6.42 Å². The van der Waals surface area contributed by atoms with Gasteiger partial charge < -0.3 is 10.5 Å². The average Bonchev–Trinajstić information content (AvgIpc) is 1.90. The zero-order valence-electron chi connectivity index (χ0n) is 5.79. The molecule has 5 heteroatoms. The first-order chi connectivity index (χ1) is 4.70. The maximum atomic E-state index is 10.0. The van der Waals surface area contributed by atoms with Gasteiger partial charge >= 0.3 is 5.97 Å². The van der Waals surface area contributed by atoms with Gasteiger partial charge in [0.05, 0.1) is 6.42 Å². The van der Waals surface area contributed by atoms with E-state index in [2.05, 4.69) is 10.4 Å². The van der Waals surface area contributed by atoms with Crippen LogP contribution in [0.25, 0.3) is 0 Å². The number of aliphatic carboxylic acids is 1. The highest BCUT2D eigenvalue weighted by Crippen LogP contribution is 1.88. The van der Waals surface area contributed by atoms with Crippen LogP contribution in [0.5, 0.6) is 0 Å². The maximum absolute atomic E-state index is 10.0. The number of nitrogens with two attached hydrogens (primary N) is 1. The van der Waals surface area contributed by atoms with Crippen molar-refractivity contribution in [2.24, 2.45) is 10.8 Å². The molecule has 58 valence electrons. The molecule has 0 atom stereocenters. The van der Waals surface area contributed by atoms with Crippen LogP contribution in [-0.4, -0.2) is 24.0 Å². The van der Waals surface area contributed by atoms with Crippen LogP contribution in [-0.2, 0) is 4.79 Å². The van der Waals surface area contributed by atoms with Gasteiger partial charge in [0.15, 0.2) is 0 Å². The molecule has 0 aromatic rings. The Morgan fingerprint density at radius 1 is 1.70 bits per heavy atom. The molecule has 0 saturated carbocycles. The second-order valence-electron chi connectivity index (χ2n) is 1.71. The Balaban J connectivity index is 3.56. The zero-order valence-corrected chi connectivity index (χ0v) is 5.79. The number of hydrogen-bond acceptors (Lipinski definition) is 3. The molecular formula is C5H11N3O2. The second kappa shape index (κ2) is 4.75. The number of carboxylic acid groups (broad SMARTS) is 1. The smallest absolute Gasteiger partial charge is 0.303 e. The van der Waals surface area contributed by atoms with Gasteiger partial charge in [-0.05, 0) is 0 Å². The van der Waals surface area contributed by atoms with Crippen molar-refractivity contribution in [3.63, 3.8) is 0 Å². The van der Waals surface area contributed by atoms with Crippen LogP contribution >= 0.6 is 0 Å². The molecule has 0 aliphatic heterocycles. The Morgan fingerprint density at radius 3 is 2.60 bits per heavy atom. The number of aliphatic imine (C=N–C) groups is 1. The topological polar surface area (TPSA) is 87.7 Å². The first-order valence-electron chi connectivity index (χ1n) is 2.84. The van der Waals surface area contributed by atoms with Gasteiger partial charge in [-0.25, -0.2) is 5.84 Å². The van der Waals surface area contributed by atoms with E-state index in [1.165, 1.54) is 0 Å². The molecule has 0 aromatic carbocycles. The number of nitrogens with zero attached hydrogens (tertiary/aromatic N) is 1. The van der Waals surface area contributed by atoms with Crippen molar-refractivity contribution in [3.8, 4) is 0 Å². The van der Waals surface area contributed by atoms with E-state index in [1.54, 1.807) is 7.05 Å². The average molecular weight is 145 g/mol. The lowest BCUT2D eigenvalue weighted by atomic mass is 10.3. The van der Waals surface area contributed by atoms with Gasteiger partial charge in [-0.15, -0.1) is 0 Å². The predicted molar refractivity (Wildman–Crippen MR) is 37.6 cm³/mol. The molecule has 0 aromatic heterocycles. The Bertz CT molecular complexity index is 144. The highest BCUT2D eigenvalue weighted by Gasteiger charge is 1.99. The third-order valence-electron chi connectivity index (χ3n) is 1.01. The van der Waals surface area contributed by atoms with Crippen molar-refractivity contribution in [1.82, 2.24) is 5.43 Å². The van der Waals surface area contributed by atoms with Crippen molar-refractivity contribution < 1.29 is 9.90 Å². The van der Waals surface area contributed by atoms with E-state index in [4.69, 9.17) is 10.9 Å². The summed E-state index contributed by atoms with van der Waals surface area (Å²) in [7, 11) is 1.55. The van der Waals surface area contributed by atoms with E-state index >= 15 is 0 Å². The zero-order chi connectivity index (χ0) is 7.98. The first kappa shape index (κ1) is 8.90. The number of rotatable bonds is 3. The third kappa shape index (κ3) is 3.85. The lowest BCUT2D eigenvalue weighted by Gasteiger charge is -2.00. The molecule has 0 aliphatic carbocycles. The summed E-state index contributed by atoms with van der Waals surface area (Å²) in [5, 5.41) is 8.23. The largest absolute Gasteiger partial charge is 0.481 e. The van der Waals surface area contributed by atoms with Crippen LogP contribution in [0, 0.1) is 0 Å². The Morgan fingerprint density at radius 2 is 2.30 bits per heavy atom. The van der Waals surface area contributed by atoms with Crippen LogP contribution in [0.2, 0.25) is 0 Å². The molecule has 0 saturated heterocycles. The minimum atomic E-state index is -0.851. The maximum Gasteiger partial charge on any atom is 0.303 e. The van der Waals surface area contributed by atoms with Gasteiger partial charge in [0.1, 0.15) is 5.84 Å². The Labute approximate surface area is 58.9 Å². The summed E-state index contributed by atoms with van der Waals surface area (Å²) in [5.41, 5.74) is 2.29. The third-order valence-corrected chi connectivity index (χ3v) is 1.01. The standard InChI is InChI=1S/C5H11N3O2/c1-7-4(8-6)2-3-5(9)10/h2-3,6H2,1H3,(H,7,8)(H,9,10). The van der Waals surface area contributed by atoms with Gasteiger partial charge in [0, 0.05) is 13.5 Å². The highest BCUT2D eigenvalue weighted by molar-refractivity contribution is 5.84. The molecule has 0 unspecified atom stereocenters. The van der Waals surface area contributed by atoms with Crippen LogP contribution in [0.4, 0.5) is 0 Å². The van der Waals surface area contributed by atoms with Gasteiger partial charge in [0.25, 0.3) is 0 Å². The molecule has 0 aliphatic rings. The van der Waals surface area contributed by atoms with Crippen molar-refractivity contribution in [2.75, 3.05) is 7.05 Å². The normalized spacial score (nSPS) is 11.2. The molecule has 0 rings (SSSR count). The van der Waals surface area contributed by atoms with Crippen LogP contribution < -0.4 is 11.3 Å². The summed E-state index contributed by atoms with van der Waals surface area (Å²) in [6.07, 6.45) is 0.402. The number of amidine groups is 1. The van der Waals surface area contributed by atoms with Gasteiger partial charge in [-0.3, -0.25) is 9.79 Å². The minimum absolute atomic E-state index is 0.0525. The molecule has 0 heterocycles. The van der Waals surface area contributed by atoms with E-state index in [9.17, 15) is 4.79 Å². The Hall–Kier alpha value is -1.10. The SMILES string of the molecule is CN=C(CCC(=O)O)NN. The fourth-order valence-electron chi connectivity index (χ4n) is 0.474. The molecule has 0 radical (unpaired) electrons.